The molecule has 23 heavy (non-hydrogen) atoms. The Balaban J connectivity index is 1.59. The van der Waals surface area contributed by atoms with E-state index in [1.165, 1.54) is 0 Å². The van der Waals surface area contributed by atoms with Crippen molar-refractivity contribution in [2.24, 2.45) is 0 Å². The maximum atomic E-state index is 12.2. The first-order valence-corrected chi connectivity index (χ1v) is 7.77. The number of aromatic nitrogens is 1. The second kappa shape index (κ2) is 6.97. The Morgan fingerprint density at radius 3 is 2.43 bits per heavy atom. The zero-order valence-corrected chi connectivity index (χ0v) is 13.2. The van der Waals surface area contributed by atoms with Gasteiger partial charge in [-0.1, -0.05) is 30.2 Å². The molecule has 1 aliphatic rings. The average Bonchev–Trinajstić information content (AvgIpc) is 2.61. The number of piperazine rings is 1. The van der Waals surface area contributed by atoms with Crippen LogP contribution < -0.4 is 4.90 Å². The first-order chi connectivity index (χ1) is 11.2. The highest BCUT2D eigenvalue weighted by molar-refractivity contribution is 5.94. The van der Waals surface area contributed by atoms with E-state index in [-0.39, 0.29) is 5.91 Å². The monoisotopic (exact) mass is 305 g/mol. The molecule has 0 unspecified atom stereocenters. The standard InChI is InChI=1S/C19H19N3O/c1-16-6-5-9-18(20-16)21-12-14-22(15-13-21)19(23)11-10-17-7-3-2-4-8-17/h2-9H,12-15H2,1H3. The van der Waals surface area contributed by atoms with Gasteiger partial charge in [-0.2, -0.15) is 0 Å². The Bertz CT molecular complexity index is 738. The van der Waals surface area contributed by atoms with E-state index in [1.807, 2.05) is 60.4 Å². The number of carbonyl (C=O) groups excluding carboxylic acids is 1. The van der Waals surface area contributed by atoms with Crippen LogP contribution in [0.4, 0.5) is 5.82 Å². The van der Waals surface area contributed by atoms with Gasteiger partial charge in [0.15, 0.2) is 0 Å². The molecule has 3 rings (SSSR count). The lowest BCUT2D eigenvalue weighted by Crippen LogP contribution is -2.48. The summed E-state index contributed by atoms with van der Waals surface area (Å²) < 4.78 is 0. The SMILES string of the molecule is Cc1cccc(N2CCN(C(=O)C#Cc3ccccc3)CC2)n1. The largest absolute Gasteiger partial charge is 0.353 e. The zero-order chi connectivity index (χ0) is 16.1. The van der Waals surface area contributed by atoms with Crippen molar-refractivity contribution in [1.82, 2.24) is 9.88 Å². The molecule has 2 aromatic rings. The van der Waals surface area contributed by atoms with Crippen LogP contribution in [0.15, 0.2) is 48.5 Å². The normalized spacial score (nSPS) is 14.1. The number of benzene rings is 1. The molecular weight excluding hydrogens is 286 g/mol. The Kier molecular flexibility index (Phi) is 4.58. The minimum atomic E-state index is -0.106. The quantitative estimate of drug-likeness (QED) is 0.757. The third kappa shape index (κ3) is 3.89. The van der Waals surface area contributed by atoms with Gasteiger partial charge in [0.1, 0.15) is 5.82 Å². The zero-order valence-electron chi connectivity index (χ0n) is 13.2. The van der Waals surface area contributed by atoms with Crippen LogP contribution in [0, 0.1) is 18.8 Å². The number of nitrogens with zero attached hydrogens (tertiary/aromatic N) is 3. The van der Waals surface area contributed by atoms with Crippen molar-refractivity contribution >= 4 is 11.7 Å². The van der Waals surface area contributed by atoms with Crippen LogP contribution in [0.25, 0.3) is 0 Å². The molecule has 0 bridgehead atoms. The van der Waals surface area contributed by atoms with E-state index >= 15 is 0 Å². The number of hydrogen-bond donors (Lipinski definition) is 0. The molecule has 1 saturated heterocycles. The van der Waals surface area contributed by atoms with Gasteiger partial charge < -0.3 is 9.80 Å². The summed E-state index contributed by atoms with van der Waals surface area (Å²) in [6, 6.07) is 15.6. The topological polar surface area (TPSA) is 36.4 Å². The van der Waals surface area contributed by atoms with Crippen LogP contribution in [-0.2, 0) is 4.79 Å². The van der Waals surface area contributed by atoms with Crippen molar-refractivity contribution in [2.75, 3.05) is 31.1 Å². The number of rotatable bonds is 1. The Morgan fingerprint density at radius 1 is 1.00 bits per heavy atom. The van der Waals surface area contributed by atoms with Gasteiger partial charge in [0.25, 0.3) is 5.91 Å². The lowest BCUT2D eigenvalue weighted by atomic mass is 10.2. The fourth-order valence-corrected chi connectivity index (χ4v) is 2.57. The van der Waals surface area contributed by atoms with Gasteiger partial charge in [-0.25, -0.2) is 4.98 Å². The van der Waals surface area contributed by atoms with Crippen molar-refractivity contribution in [1.29, 1.82) is 0 Å². The Labute approximate surface area is 136 Å². The maximum absolute atomic E-state index is 12.2. The van der Waals surface area contributed by atoms with E-state index in [0.717, 1.165) is 30.2 Å². The number of aryl methyl sites for hydroxylation is 1. The molecule has 0 N–H and O–H groups in total. The first kappa shape index (κ1) is 15.1. The summed E-state index contributed by atoms with van der Waals surface area (Å²) in [5, 5.41) is 0. The van der Waals surface area contributed by atoms with Crippen molar-refractivity contribution in [3.8, 4) is 11.8 Å². The molecule has 116 valence electrons. The fraction of sp³-hybridized carbons (Fsp3) is 0.263. The second-order valence-electron chi connectivity index (χ2n) is 5.53. The summed E-state index contributed by atoms with van der Waals surface area (Å²) in [4.78, 5) is 20.7. The van der Waals surface area contributed by atoms with Gasteiger partial charge >= 0.3 is 0 Å². The minimum Gasteiger partial charge on any atom is -0.353 e. The lowest BCUT2D eigenvalue weighted by molar-refractivity contribution is -0.125. The van der Waals surface area contributed by atoms with Gasteiger partial charge in [-0.3, -0.25) is 4.79 Å². The highest BCUT2D eigenvalue weighted by atomic mass is 16.2. The van der Waals surface area contributed by atoms with Crippen LogP contribution >= 0.6 is 0 Å². The molecule has 0 saturated carbocycles. The molecular formula is C19H19N3O. The highest BCUT2D eigenvalue weighted by Gasteiger charge is 2.20. The van der Waals surface area contributed by atoms with Crippen LogP contribution in [0.2, 0.25) is 0 Å². The third-order valence-electron chi connectivity index (χ3n) is 3.85. The van der Waals surface area contributed by atoms with Gasteiger partial charge in [0, 0.05) is 43.4 Å². The number of hydrogen-bond acceptors (Lipinski definition) is 3. The molecule has 1 aromatic heterocycles. The van der Waals surface area contributed by atoms with Crippen LogP contribution in [0.3, 0.4) is 0 Å². The third-order valence-corrected chi connectivity index (χ3v) is 3.85. The fourth-order valence-electron chi connectivity index (χ4n) is 2.57. The van der Waals surface area contributed by atoms with Gasteiger partial charge in [0.2, 0.25) is 0 Å². The molecule has 4 nitrogen and oxygen atoms in total. The Hall–Kier alpha value is -2.80. The molecule has 0 aliphatic carbocycles. The molecule has 1 aliphatic heterocycles. The average molecular weight is 305 g/mol. The minimum absolute atomic E-state index is 0.106. The summed E-state index contributed by atoms with van der Waals surface area (Å²) in [5.41, 5.74) is 1.87. The highest BCUT2D eigenvalue weighted by Crippen LogP contribution is 2.14. The summed E-state index contributed by atoms with van der Waals surface area (Å²) in [5.74, 6) is 6.53. The van der Waals surface area contributed by atoms with E-state index in [1.54, 1.807) is 0 Å². The summed E-state index contributed by atoms with van der Waals surface area (Å²) in [6.07, 6.45) is 0. The smallest absolute Gasteiger partial charge is 0.298 e. The molecule has 2 heterocycles. The molecule has 1 fully saturated rings. The predicted octanol–water partition coefficient (Wildman–Crippen LogP) is 2.09. The molecule has 0 spiro atoms. The van der Waals surface area contributed by atoms with Gasteiger partial charge in [-0.05, 0) is 31.2 Å². The molecule has 0 radical (unpaired) electrons. The lowest BCUT2D eigenvalue weighted by Gasteiger charge is -2.34. The van der Waals surface area contributed by atoms with Crippen LogP contribution in [-0.4, -0.2) is 42.0 Å². The summed E-state index contributed by atoms with van der Waals surface area (Å²) >= 11 is 0. The molecule has 0 atom stereocenters. The predicted molar refractivity (Wildman–Crippen MR) is 91.1 cm³/mol. The number of carbonyl (C=O) groups is 1. The number of pyridine rings is 1. The van der Waals surface area contributed by atoms with E-state index in [2.05, 4.69) is 21.7 Å². The van der Waals surface area contributed by atoms with Crippen molar-refractivity contribution in [2.45, 2.75) is 6.92 Å². The van der Waals surface area contributed by atoms with Crippen molar-refractivity contribution < 1.29 is 4.79 Å². The molecule has 1 amide bonds. The van der Waals surface area contributed by atoms with Gasteiger partial charge in [0.05, 0.1) is 0 Å². The van der Waals surface area contributed by atoms with E-state index in [9.17, 15) is 4.79 Å². The van der Waals surface area contributed by atoms with Crippen LogP contribution in [0.5, 0.6) is 0 Å². The van der Waals surface area contributed by atoms with E-state index in [4.69, 9.17) is 0 Å². The van der Waals surface area contributed by atoms with Gasteiger partial charge in [-0.15, -0.1) is 0 Å². The van der Waals surface area contributed by atoms with Crippen molar-refractivity contribution in [3.63, 3.8) is 0 Å². The first-order valence-electron chi connectivity index (χ1n) is 7.77. The Morgan fingerprint density at radius 2 is 1.74 bits per heavy atom. The number of anilines is 1. The van der Waals surface area contributed by atoms with E-state index in [0.29, 0.717) is 13.1 Å². The van der Waals surface area contributed by atoms with Crippen LogP contribution in [0.1, 0.15) is 11.3 Å². The number of amides is 1. The summed E-state index contributed by atoms with van der Waals surface area (Å²) in [6.45, 7) is 4.92. The maximum Gasteiger partial charge on any atom is 0.298 e. The molecule has 1 aromatic carbocycles. The summed E-state index contributed by atoms with van der Waals surface area (Å²) in [7, 11) is 0. The van der Waals surface area contributed by atoms with E-state index < -0.39 is 0 Å². The molecule has 4 heteroatoms. The second-order valence-corrected chi connectivity index (χ2v) is 5.53. The van der Waals surface area contributed by atoms with Crippen molar-refractivity contribution in [3.05, 3.63) is 59.8 Å².